The predicted octanol–water partition coefficient (Wildman–Crippen LogP) is 19.4. The summed E-state index contributed by atoms with van der Waals surface area (Å²) in [6.07, 6.45) is 0. The van der Waals surface area contributed by atoms with Crippen LogP contribution in [0.15, 0.2) is 24.3 Å². The SMILES string of the molecule is C[Si](C)(C)C(c1cc(C([Si](C)(C)C)[Si](C)(C)C)[c](/[Ge]([Cl])=[Ge](\[Cl])[c]2c(C([Si](C)(C)C)[Si](C)(C)C)cc(C([Si](C)(C)C)[Si](C)(C)C)cc2C([Si](C)(C)C)[Si](C)(C)C)c(C([Si](C)(C)C)[Si](C)(C)C)c1)[Si](C)(C)C. The van der Waals surface area contributed by atoms with Gasteiger partial charge in [-0.1, -0.05) is 0 Å². The van der Waals surface area contributed by atoms with Crippen molar-refractivity contribution in [1.82, 2.24) is 0 Å². The van der Waals surface area contributed by atoms with Crippen LogP contribution in [0.4, 0.5) is 0 Å². The maximum atomic E-state index is 9.21. The molecule has 0 fully saturated rings. The molecule has 0 aliphatic heterocycles. The third-order valence-corrected chi connectivity index (χ3v) is 101. The van der Waals surface area contributed by atoms with E-state index in [1.165, 1.54) is 0 Å². The summed E-state index contributed by atoms with van der Waals surface area (Å²) in [4.78, 5) is 0. The number of halogens is 2. The zero-order valence-corrected chi connectivity index (χ0v) is 71.2. The molecule has 0 radical (unpaired) electrons. The van der Waals surface area contributed by atoms with Gasteiger partial charge in [0.1, 0.15) is 0 Å². The molecule has 2 aromatic rings. The van der Waals surface area contributed by atoms with Crippen molar-refractivity contribution >= 4 is 148 Å². The van der Waals surface area contributed by atoms with E-state index in [1.54, 1.807) is 42.2 Å². The van der Waals surface area contributed by atoms with Gasteiger partial charge in [-0.3, -0.25) is 0 Å². The normalized spacial score (nSPS) is 15.7. The van der Waals surface area contributed by atoms with Crippen molar-refractivity contribution in [3.63, 3.8) is 0 Å². The Balaban J connectivity index is 4.09. The average Bonchev–Trinajstić information content (AvgIpc) is 2.95. The summed E-state index contributed by atoms with van der Waals surface area (Å²) >= 11 is 0. The van der Waals surface area contributed by atoms with Crippen molar-refractivity contribution in [2.24, 2.45) is 0 Å². The van der Waals surface area contributed by atoms with Crippen molar-refractivity contribution in [2.45, 2.75) is 267 Å². The second kappa shape index (κ2) is 22.3. The van der Waals surface area contributed by atoms with E-state index in [0.29, 0.717) is 31.0 Å². The first kappa shape index (κ1) is 68.8. The van der Waals surface area contributed by atoms with Crippen LogP contribution in [0.5, 0.6) is 0 Å². The Morgan fingerprint density at radius 3 is 0.443 bits per heavy atom. The quantitative estimate of drug-likeness (QED) is 0.116. The average molecular weight is 1320 g/mol. The van der Waals surface area contributed by atoms with Crippen LogP contribution in [0.3, 0.4) is 0 Å². The van der Waals surface area contributed by atoms with Gasteiger partial charge in [-0.05, 0) is 0 Å². The van der Waals surface area contributed by atoms with Crippen LogP contribution in [0.2, 0.25) is 236 Å². The standard InChI is InChI=1S/C54H118Cl2Ge2Si12/c1-59(2,3)49(60(4,5)6)41-37-43(51(63(13,14)15)64(16,17)18)47(44(38-41)52(65(19,20)21)66(22,23)24)57(55)58(56)48-45(53(67(25,26)27)68(28,29)30)39-42(50(61(7,8)9)62(10,11)12)40-46(48)54(69(31,32)33)70(34,35)36/h37-40,49-54H,1-36H3/b58-57+. The van der Waals surface area contributed by atoms with E-state index in [1.807, 2.05) is 0 Å². The maximum absolute atomic E-state index is 9.21. The van der Waals surface area contributed by atoms with Crippen molar-refractivity contribution in [3.8, 4) is 0 Å². The molecule has 2 rings (SSSR count). The van der Waals surface area contributed by atoms with Crippen molar-refractivity contribution in [3.05, 3.63) is 57.6 Å². The topological polar surface area (TPSA) is 0 Å². The van der Waals surface area contributed by atoms with Gasteiger partial charge in [0, 0.05) is 0 Å². The summed E-state index contributed by atoms with van der Waals surface area (Å²) < 4.78 is 3.48. The van der Waals surface area contributed by atoms with Crippen molar-refractivity contribution < 1.29 is 0 Å². The van der Waals surface area contributed by atoms with Gasteiger partial charge in [0.05, 0.1) is 0 Å². The van der Waals surface area contributed by atoms with Gasteiger partial charge in [0.2, 0.25) is 0 Å². The molecule has 0 atom stereocenters. The van der Waals surface area contributed by atoms with E-state index >= 15 is 0 Å². The molecule has 70 heavy (non-hydrogen) atoms. The molecule has 0 saturated carbocycles. The molecule has 0 aliphatic rings. The molecular formula is C54H118Cl2Ge2Si12. The fourth-order valence-corrected chi connectivity index (χ4v) is 119. The molecule has 0 spiro atoms. The van der Waals surface area contributed by atoms with Crippen LogP contribution < -0.4 is 8.79 Å². The van der Waals surface area contributed by atoms with Gasteiger partial charge in [0.15, 0.2) is 0 Å². The number of hydrogen-bond acceptors (Lipinski definition) is 0. The molecule has 404 valence electrons. The molecule has 16 heteroatoms. The molecule has 0 aromatic heterocycles. The van der Waals surface area contributed by atoms with Gasteiger partial charge in [0.25, 0.3) is 0 Å². The monoisotopic (exact) mass is 1320 g/mol. The van der Waals surface area contributed by atoms with Gasteiger partial charge >= 0.3 is 472 Å². The van der Waals surface area contributed by atoms with Crippen LogP contribution in [0, 0.1) is 0 Å². The summed E-state index contributed by atoms with van der Waals surface area (Å²) in [5.41, 5.74) is 10.5. The van der Waals surface area contributed by atoms with Crippen LogP contribution in [-0.4, -0.2) is 119 Å². The third-order valence-electron chi connectivity index (χ3n) is 15.4. The Morgan fingerprint density at radius 2 is 0.343 bits per heavy atom. The fraction of sp³-hybridized carbons (Fsp3) is 0.778. The van der Waals surface area contributed by atoms with E-state index in [4.69, 9.17) is 0 Å². The van der Waals surface area contributed by atoms with Crippen LogP contribution >= 0.6 is 20.0 Å². The number of rotatable bonds is 20. The second-order valence-electron chi connectivity index (χ2n) is 35.8. The van der Waals surface area contributed by atoms with E-state index in [2.05, 4.69) is 260 Å². The van der Waals surface area contributed by atoms with Gasteiger partial charge in [-0.25, -0.2) is 0 Å². The molecule has 0 heterocycles. The molecule has 0 saturated heterocycles. The minimum absolute atomic E-state index is 0.620. The van der Waals surface area contributed by atoms with Crippen LogP contribution in [0.25, 0.3) is 0 Å². The van der Waals surface area contributed by atoms with Gasteiger partial charge in [-0.2, -0.15) is 0 Å². The zero-order valence-electron chi connectivity index (χ0n) is 53.5. The summed E-state index contributed by atoms with van der Waals surface area (Å²) in [5.74, 6) is 0. The molecule has 0 aliphatic carbocycles. The zero-order chi connectivity index (χ0) is 56.1. The Hall–Kier alpha value is 2.71. The molecule has 0 amide bonds. The molecule has 0 unspecified atom stereocenters. The van der Waals surface area contributed by atoms with E-state index in [-0.39, 0.29) is 0 Å². The van der Waals surface area contributed by atoms with E-state index < -0.39 is 119 Å². The molecular weight excluding hydrogens is 1200 g/mol. The first-order valence-electron chi connectivity index (χ1n) is 27.6. The first-order valence-corrected chi connectivity index (χ1v) is 84.7. The number of hydrogen-bond donors (Lipinski definition) is 0. The summed E-state index contributed by atoms with van der Waals surface area (Å²) in [5, 5.41) is 3.85. The van der Waals surface area contributed by atoms with Crippen molar-refractivity contribution in [2.75, 3.05) is 0 Å². The van der Waals surface area contributed by atoms with E-state index in [9.17, 15) is 20.0 Å². The molecule has 0 N–H and O–H groups in total. The predicted molar refractivity (Wildman–Crippen MR) is 372 cm³/mol. The van der Waals surface area contributed by atoms with Gasteiger partial charge < -0.3 is 0 Å². The molecule has 0 nitrogen and oxygen atoms in total. The summed E-state index contributed by atoms with van der Waals surface area (Å²) in [7, 11) is -8.04. The molecule has 2 aromatic carbocycles. The van der Waals surface area contributed by atoms with E-state index in [0.717, 1.165) is 0 Å². The first-order chi connectivity index (χ1) is 30.2. The Bertz CT molecular complexity index is 1850. The Labute approximate surface area is 466 Å². The Kier molecular flexibility index (Phi) is 22.0. The van der Waals surface area contributed by atoms with Crippen LogP contribution in [-0.2, 0) is 0 Å². The minimum atomic E-state index is -2.80. The van der Waals surface area contributed by atoms with Gasteiger partial charge in [-0.15, -0.1) is 0 Å². The Morgan fingerprint density at radius 1 is 0.229 bits per heavy atom. The molecule has 0 bridgehead atoms. The summed E-state index contributed by atoms with van der Waals surface area (Å²) in [6.45, 7) is 97.7. The second-order valence-corrected chi connectivity index (χ2v) is 129. The van der Waals surface area contributed by atoms with Crippen molar-refractivity contribution in [1.29, 1.82) is 0 Å². The third kappa shape index (κ3) is 16.9. The van der Waals surface area contributed by atoms with Crippen LogP contribution in [0.1, 0.15) is 64.4 Å². The summed E-state index contributed by atoms with van der Waals surface area (Å²) in [6, 6.07) is 11.7. The fourth-order valence-electron chi connectivity index (χ4n) is 16.9. The number of benzene rings is 2.